The van der Waals surface area contributed by atoms with Crippen molar-refractivity contribution in [2.24, 2.45) is 0 Å². The van der Waals surface area contributed by atoms with E-state index in [4.69, 9.17) is 0 Å². The van der Waals surface area contributed by atoms with Crippen molar-refractivity contribution in [2.75, 3.05) is 5.32 Å². The van der Waals surface area contributed by atoms with E-state index in [1.807, 2.05) is 0 Å². The predicted octanol–water partition coefficient (Wildman–Crippen LogP) is 4.65. The van der Waals surface area contributed by atoms with E-state index in [1.165, 1.54) is 29.9 Å². The van der Waals surface area contributed by atoms with Crippen LogP contribution in [0.5, 0.6) is 0 Å². The molecule has 0 atom stereocenters. The number of nitro groups is 1. The van der Waals surface area contributed by atoms with Crippen LogP contribution in [0.2, 0.25) is 0 Å². The Morgan fingerprint density at radius 2 is 1.62 bits per heavy atom. The lowest BCUT2D eigenvalue weighted by Gasteiger charge is -2.08. The van der Waals surface area contributed by atoms with Crippen molar-refractivity contribution in [3.8, 4) is 0 Å². The second kappa shape index (κ2) is 9.79. The highest BCUT2D eigenvalue weighted by Gasteiger charge is 2.26. The smallest absolute Gasteiger partial charge is 0.305 e. The van der Waals surface area contributed by atoms with Gasteiger partial charge in [-0.25, -0.2) is 22.0 Å². The van der Waals surface area contributed by atoms with Gasteiger partial charge >= 0.3 is 5.69 Å². The Morgan fingerprint density at radius 1 is 0.973 bits per heavy atom. The van der Waals surface area contributed by atoms with E-state index in [9.17, 15) is 36.9 Å². The Kier molecular flexibility index (Phi) is 6.74. The van der Waals surface area contributed by atoms with E-state index >= 15 is 0 Å². The molecule has 0 spiro atoms. The fraction of sp³-hybridized carbons (Fsp3) is 0.174. The number of rotatable bonds is 7. The fourth-order valence-corrected chi connectivity index (χ4v) is 3.75. The summed E-state index contributed by atoms with van der Waals surface area (Å²) in [6, 6.07) is 7.64. The lowest BCUT2D eigenvalue weighted by molar-refractivity contribution is -0.386. The molecule has 37 heavy (non-hydrogen) atoms. The van der Waals surface area contributed by atoms with Gasteiger partial charge in [-0.05, 0) is 31.5 Å². The summed E-state index contributed by atoms with van der Waals surface area (Å²) in [7, 11) is 0. The number of hydrogen-bond acceptors (Lipinski definition) is 5. The van der Waals surface area contributed by atoms with E-state index in [1.54, 1.807) is 25.1 Å². The highest BCUT2D eigenvalue weighted by atomic mass is 19.2. The third-order valence-electron chi connectivity index (χ3n) is 5.55. The standard InChI is InChI=1S/C23H17F5N6O3/c1-11-22(34(36)37)12(2)33(30-11)9-13-4-3-5-14(8-13)23(35)29-16-6-7-32(31-16)10-15-17(24)19(26)21(28)20(27)18(15)25/h3-8H,9-10H2,1-2H3,(H,29,31,35). The predicted molar refractivity (Wildman–Crippen MR) is 119 cm³/mol. The maximum atomic E-state index is 13.9. The van der Waals surface area contributed by atoms with E-state index in [0.29, 0.717) is 11.3 Å². The molecule has 0 aliphatic heterocycles. The van der Waals surface area contributed by atoms with Crippen molar-refractivity contribution in [3.05, 3.63) is 104 Å². The molecule has 14 heteroatoms. The summed E-state index contributed by atoms with van der Waals surface area (Å²) in [6.07, 6.45) is 1.19. The van der Waals surface area contributed by atoms with Crippen molar-refractivity contribution < 1.29 is 31.7 Å². The van der Waals surface area contributed by atoms with Crippen LogP contribution in [0.1, 0.15) is 32.9 Å². The molecule has 1 N–H and O–H groups in total. The van der Waals surface area contributed by atoms with Crippen molar-refractivity contribution in [3.63, 3.8) is 0 Å². The third-order valence-corrected chi connectivity index (χ3v) is 5.55. The first-order valence-electron chi connectivity index (χ1n) is 10.6. The number of halogens is 5. The maximum absolute atomic E-state index is 13.9. The van der Waals surface area contributed by atoms with Crippen molar-refractivity contribution in [1.29, 1.82) is 0 Å². The van der Waals surface area contributed by atoms with E-state index in [0.717, 1.165) is 4.68 Å². The second-order valence-electron chi connectivity index (χ2n) is 8.04. The van der Waals surface area contributed by atoms with Gasteiger partial charge in [-0.3, -0.25) is 24.3 Å². The summed E-state index contributed by atoms with van der Waals surface area (Å²) < 4.78 is 70.3. The number of benzene rings is 2. The zero-order valence-corrected chi connectivity index (χ0v) is 19.2. The van der Waals surface area contributed by atoms with Crippen LogP contribution < -0.4 is 5.32 Å². The molecule has 9 nitrogen and oxygen atoms in total. The number of aromatic nitrogens is 4. The highest BCUT2D eigenvalue weighted by molar-refractivity contribution is 6.03. The highest BCUT2D eigenvalue weighted by Crippen LogP contribution is 2.25. The minimum absolute atomic E-state index is 0.0338. The zero-order valence-electron chi connectivity index (χ0n) is 19.2. The van der Waals surface area contributed by atoms with Crippen LogP contribution in [0, 0.1) is 53.0 Å². The van der Waals surface area contributed by atoms with Crippen molar-refractivity contribution >= 4 is 17.4 Å². The lowest BCUT2D eigenvalue weighted by Crippen LogP contribution is -2.14. The van der Waals surface area contributed by atoms with Crippen LogP contribution in [-0.2, 0) is 13.1 Å². The number of nitrogens with zero attached hydrogens (tertiary/aromatic N) is 5. The Balaban J connectivity index is 1.49. The lowest BCUT2D eigenvalue weighted by atomic mass is 10.1. The van der Waals surface area contributed by atoms with Crippen LogP contribution >= 0.6 is 0 Å². The molecule has 0 aliphatic carbocycles. The summed E-state index contributed by atoms with van der Waals surface area (Å²) in [4.78, 5) is 23.4. The summed E-state index contributed by atoms with van der Waals surface area (Å²) in [5.74, 6) is -11.0. The molecule has 4 rings (SSSR count). The molecule has 0 fully saturated rings. The first-order valence-corrected chi connectivity index (χ1v) is 10.6. The second-order valence-corrected chi connectivity index (χ2v) is 8.04. The molecule has 2 aromatic heterocycles. The molecule has 0 saturated carbocycles. The number of nitrogens with one attached hydrogen (secondary N) is 1. The fourth-order valence-electron chi connectivity index (χ4n) is 3.75. The topological polar surface area (TPSA) is 108 Å². The van der Waals surface area contributed by atoms with Crippen LogP contribution in [0.15, 0.2) is 36.5 Å². The van der Waals surface area contributed by atoms with Gasteiger partial charge in [0.2, 0.25) is 5.82 Å². The first kappa shape index (κ1) is 25.5. The van der Waals surface area contributed by atoms with Gasteiger partial charge < -0.3 is 5.32 Å². The van der Waals surface area contributed by atoms with Gasteiger partial charge in [0.25, 0.3) is 5.91 Å². The van der Waals surface area contributed by atoms with Gasteiger partial charge in [0.05, 0.1) is 23.6 Å². The van der Waals surface area contributed by atoms with E-state index in [-0.39, 0.29) is 29.3 Å². The minimum Gasteiger partial charge on any atom is -0.305 e. The van der Waals surface area contributed by atoms with Gasteiger partial charge in [0.1, 0.15) is 11.4 Å². The Bertz CT molecular complexity index is 1520. The van der Waals surface area contributed by atoms with Gasteiger partial charge in [-0.15, -0.1) is 0 Å². The number of carbonyl (C=O) groups excluding carboxylic acids is 1. The van der Waals surface area contributed by atoms with Gasteiger partial charge in [-0.1, -0.05) is 12.1 Å². The Labute approximate surface area is 205 Å². The number of aryl methyl sites for hydroxylation is 1. The molecule has 192 valence electrons. The number of carbonyl (C=O) groups is 1. The molecule has 1 amide bonds. The first-order chi connectivity index (χ1) is 17.5. The largest absolute Gasteiger partial charge is 0.312 e. The monoisotopic (exact) mass is 520 g/mol. The summed E-state index contributed by atoms with van der Waals surface area (Å²) in [6.45, 7) is 2.48. The molecule has 0 saturated heterocycles. The Morgan fingerprint density at radius 3 is 2.24 bits per heavy atom. The maximum Gasteiger partial charge on any atom is 0.312 e. The van der Waals surface area contributed by atoms with Gasteiger partial charge in [0.15, 0.2) is 29.1 Å². The van der Waals surface area contributed by atoms with Crippen molar-refractivity contribution in [1.82, 2.24) is 19.6 Å². The third kappa shape index (κ3) is 4.90. The number of amides is 1. The molecule has 0 bridgehead atoms. The average Bonchev–Trinajstić information content (AvgIpc) is 3.41. The van der Waals surface area contributed by atoms with Gasteiger partial charge in [-0.2, -0.15) is 10.2 Å². The van der Waals surface area contributed by atoms with Crippen LogP contribution in [-0.4, -0.2) is 30.4 Å². The SMILES string of the molecule is Cc1nn(Cc2cccc(C(=O)Nc3ccn(Cc4c(F)c(F)c(F)c(F)c4F)n3)c2)c(C)c1[N+](=O)[O-]. The Hall–Kier alpha value is -4.62. The molecule has 2 heterocycles. The van der Waals surface area contributed by atoms with Gasteiger partial charge in [0, 0.05) is 17.8 Å². The minimum atomic E-state index is -2.26. The molecule has 2 aromatic carbocycles. The summed E-state index contributed by atoms with van der Waals surface area (Å²) >= 11 is 0. The molecule has 0 unspecified atom stereocenters. The van der Waals surface area contributed by atoms with E-state index in [2.05, 4.69) is 15.5 Å². The summed E-state index contributed by atoms with van der Waals surface area (Å²) in [5, 5.41) is 21.8. The normalized spacial score (nSPS) is 11.1. The summed E-state index contributed by atoms with van der Waals surface area (Å²) in [5.41, 5.74) is 0.298. The zero-order chi connectivity index (χ0) is 27.0. The van der Waals surface area contributed by atoms with Crippen LogP contribution in [0.25, 0.3) is 0 Å². The molecular formula is C23H17F5N6O3. The van der Waals surface area contributed by atoms with Crippen molar-refractivity contribution in [2.45, 2.75) is 26.9 Å². The molecule has 0 aliphatic rings. The average molecular weight is 520 g/mol. The van der Waals surface area contributed by atoms with Crippen LogP contribution in [0.4, 0.5) is 33.5 Å². The quantitative estimate of drug-likeness (QED) is 0.126. The van der Waals surface area contributed by atoms with E-state index < -0.39 is 52.0 Å². The molecular weight excluding hydrogens is 503 g/mol. The number of anilines is 1. The van der Waals surface area contributed by atoms with Crippen LogP contribution in [0.3, 0.4) is 0 Å². The molecule has 4 aromatic rings. The molecule has 0 radical (unpaired) electrons. The number of hydrogen-bond donors (Lipinski definition) is 1.